The summed E-state index contributed by atoms with van der Waals surface area (Å²) >= 11 is 0. The summed E-state index contributed by atoms with van der Waals surface area (Å²) in [5.74, 6) is 0.802. The number of nitrogens with two attached hydrogens (primary N) is 1. The van der Waals surface area contributed by atoms with E-state index in [4.69, 9.17) is 15.2 Å². The fraction of sp³-hybridized carbons (Fsp3) is 0.538. The molecular formula is C13H19ClN2O4S. The van der Waals surface area contributed by atoms with Gasteiger partial charge in [-0.3, -0.25) is 0 Å². The summed E-state index contributed by atoms with van der Waals surface area (Å²) in [5.41, 5.74) is 5.88. The molecule has 2 heterocycles. The second-order valence-corrected chi connectivity index (χ2v) is 6.95. The number of sulfonamides is 1. The number of nitrogens with zero attached hydrogens (tertiary/aromatic N) is 1. The minimum Gasteiger partial charge on any atom is -0.486 e. The van der Waals surface area contributed by atoms with Crippen LogP contribution in [0.25, 0.3) is 0 Å². The Hall–Kier alpha value is -1.02. The number of hydrogen-bond donors (Lipinski definition) is 1. The molecule has 3 rings (SSSR count). The Kier molecular flexibility index (Phi) is 4.98. The Balaban J connectivity index is 0.00000161. The Labute approximate surface area is 130 Å². The van der Waals surface area contributed by atoms with E-state index in [9.17, 15) is 8.42 Å². The SMILES string of the molecule is Cl.NC1CCCN(S(=O)(=O)c2cccc3c2OCCO3)C1. The standard InChI is InChI=1S/C13H18N2O4S.ClH/c14-10-3-2-6-15(9-10)20(16,17)12-5-1-4-11-13(12)19-8-7-18-11;/h1,4-5,10H,2-3,6-9,14H2;1H. The van der Waals surface area contributed by atoms with Gasteiger partial charge in [-0.25, -0.2) is 8.42 Å². The minimum atomic E-state index is -3.59. The van der Waals surface area contributed by atoms with Crippen LogP contribution in [0.2, 0.25) is 0 Å². The normalized spacial score (nSPS) is 22.4. The number of hydrogen-bond acceptors (Lipinski definition) is 5. The average molecular weight is 335 g/mol. The van der Waals surface area contributed by atoms with Crippen LogP contribution in [0, 0.1) is 0 Å². The van der Waals surface area contributed by atoms with E-state index in [1.54, 1.807) is 18.2 Å². The van der Waals surface area contributed by atoms with Crippen molar-refractivity contribution >= 4 is 22.4 Å². The van der Waals surface area contributed by atoms with Gasteiger partial charge in [0.05, 0.1) is 0 Å². The van der Waals surface area contributed by atoms with E-state index in [2.05, 4.69) is 0 Å². The highest BCUT2D eigenvalue weighted by molar-refractivity contribution is 7.89. The van der Waals surface area contributed by atoms with Crippen molar-refractivity contribution in [2.75, 3.05) is 26.3 Å². The summed E-state index contributed by atoms with van der Waals surface area (Å²) in [6.45, 7) is 1.65. The topological polar surface area (TPSA) is 81.9 Å². The first kappa shape index (κ1) is 16.4. The number of piperidine rings is 1. The molecule has 8 heteroatoms. The molecule has 2 aliphatic rings. The summed E-state index contributed by atoms with van der Waals surface area (Å²) in [7, 11) is -3.59. The molecule has 6 nitrogen and oxygen atoms in total. The molecule has 0 amide bonds. The highest BCUT2D eigenvalue weighted by Crippen LogP contribution is 2.38. The van der Waals surface area contributed by atoms with E-state index in [-0.39, 0.29) is 23.3 Å². The smallest absolute Gasteiger partial charge is 0.246 e. The van der Waals surface area contributed by atoms with Gasteiger partial charge in [0.1, 0.15) is 18.1 Å². The van der Waals surface area contributed by atoms with E-state index >= 15 is 0 Å². The third-order valence-corrected chi connectivity index (χ3v) is 5.46. The van der Waals surface area contributed by atoms with Crippen molar-refractivity contribution in [3.63, 3.8) is 0 Å². The highest BCUT2D eigenvalue weighted by Gasteiger charge is 2.33. The van der Waals surface area contributed by atoms with E-state index in [0.29, 0.717) is 37.8 Å². The molecule has 1 fully saturated rings. The highest BCUT2D eigenvalue weighted by atomic mass is 35.5. The number of ether oxygens (including phenoxy) is 2. The molecule has 0 bridgehead atoms. The van der Waals surface area contributed by atoms with Crippen LogP contribution in [0.5, 0.6) is 11.5 Å². The van der Waals surface area contributed by atoms with Gasteiger partial charge in [0.2, 0.25) is 10.0 Å². The minimum absolute atomic E-state index is 0. The molecule has 0 aromatic heterocycles. The number of halogens is 1. The van der Waals surface area contributed by atoms with E-state index < -0.39 is 10.0 Å². The fourth-order valence-corrected chi connectivity index (χ4v) is 4.26. The molecule has 1 atom stereocenters. The molecule has 1 saturated heterocycles. The summed E-state index contributed by atoms with van der Waals surface area (Å²) in [5, 5.41) is 0. The van der Waals surface area contributed by atoms with Gasteiger partial charge in [-0.15, -0.1) is 12.4 Å². The van der Waals surface area contributed by atoms with Gasteiger partial charge < -0.3 is 15.2 Å². The van der Waals surface area contributed by atoms with Gasteiger partial charge in [0, 0.05) is 19.1 Å². The molecule has 1 aromatic rings. The molecule has 1 aromatic carbocycles. The maximum absolute atomic E-state index is 12.7. The number of fused-ring (bicyclic) bond motifs is 1. The summed E-state index contributed by atoms with van der Waals surface area (Å²) in [6, 6.07) is 4.85. The Morgan fingerprint density at radius 2 is 2.00 bits per heavy atom. The Bertz CT molecular complexity index is 608. The molecule has 2 aliphatic heterocycles. The van der Waals surface area contributed by atoms with Gasteiger partial charge in [-0.1, -0.05) is 6.07 Å². The molecule has 21 heavy (non-hydrogen) atoms. The van der Waals surface area contributed by atoms with E-state index in [0.717, 1.165) is 12.8 Å². The molecule has 0 spiro atoms. The molecule has 0 radical (unpaired) electrons. The van der Waals surface area contributed by atoms with Crippen molar-refractivity contribution in [3.8, 4) is 11.5 Å². The third-order valence-electron chi connectivity index (χ3n) is 3.57. The van der Waals surface area contributed by atoms with Crippen LogP contribution < -0.4 is 15.2 Å². The lowest BCUT2D eigenvalue weighted by Gasteiger charge is -2.31. The van der Waals surface area contributed by atoms with Gasteiger partial charge in [0.15, 0.2) is 11.5 Å². The zero-order valence-electron chi connectivity index (χ0n) is 11.5. The maximum Gasteiger partial charge on any atom is 0.246 e. The lowest BCUT2D eigenvalue weighted by atomic mass is 10.1. The summed E-state index contributed by atoms with van der Waals surface area (Å²) < 4.78 is 37.8. The van der Waals surface area contributed by atoms with Crippen LogP contribution in [0.4, 0.5) is 0 Å². The quantitative estimate of drug-likeness (QED) is 0.872. The lowest BCUT2D eigenvalue weighted by molar-refractivity contribution is 0.166. The first-order valence-electron chi connectivity index (χ1n) is 6.73. The second-order valence-electron chi connectivity index (χ2n) is 5.05. The number of benzene rings is 1. The van der Waals surface area contributed by atoms with Crippen molar-refractivity contribution in [3.05, 3.63) is 18.2 Å². The van der Waals surface area contributed by atoms with Crippen LogP contribution in [-0.2, 0) is 10.0 Å². The molecule has 0 aliphatic carbocycles. The molecular weight excluding hydrogens is 316 g/mol. The monoisotopic (exact) mass is 334 g/mol. The van der Waals surface area contributed by atoms with E-state index in [1.807, 2.05) is 0 Å². The van der Waals surface area contributed by atoms with Crippen LogP contribution in [-0.4, -0.2) is 45.1 Å². The fourth-order valence-electron chi connectivity index (χ4n) is 2.58. The van der Waals surface area contributed by atoms with Crippen LogP contribution in [0.3, 0.4) is 0 Å². The summed E-state index contributed by atoms with van der Waals surface area (Å²) in [4.78, 5) is 0.170. The largest absolute Gasteiger partial charge is 0.486 e. The van der Waals surface area contributed by atoms with Crippen LogP contribution in [0.15, 0.2) is 23.1 Å². The van der Waals surface area contributed by atoms with Gasteiger partial charge in [0.25, 0.3) is 0 Å². The van der Waals surface area contributed by atoms with Crippen molar-refractivity contribution in [2.24, 2.45) is 5.73 Å². The van der Waals surface area contributed by atoms with Gasteiger partial charge in [-0.2, -0.15) is 4.31 Å². The van der Waals surface area contributed by atoms with Crippen LogP contribution in [0.1, 0.15) is 12.8 Å². The predicted molar refractivity (Wildman–Crippen MR) is 80.6 cm³/mol. The molecule has 118 valence electrons. The Morgan fingerprint density at radius 1 is 1.24 bits per heavy atom. The third kappa shape index (κ3) is 3.11. The van der Waals surface area contributed by atoms with Crippen molar-refractivity contribution < 1.29 is 17.9 Å². The molecule has 0 saturated carbocycles. The Morgan fingerprint density at radius 3 is 2.76 bits per heavy atom. The number of para-hydroxylation sites is 1. The summed E-state index contributed by atoms with van der Waals surface area (Å²) in [6.07, 6.45) is 1.64. The molecule has 2 N–H and O–H groups in total. The van der Waals surface area contributed by atoms with Crippen molar-refractivity contribution in [1.29, 1.82) is 0 Å². The van der Waals surface area contributed by atoms with Gasteiger partial charge in [-0.05, 0) is 25.0 Å². The first-order chi connectivity index (χ1) is 9.59. The lowest BCUT2D eigenvalue weighted by Crippen LogP contribution is -2.45. The van der Waals surface area contributed by atoms with Gasteiger partial charge >= 0.3 is 0 Å². The van der Waals surface area contributed by atoms with Crippen molar-refractivity contribution in [1.82, 2.24) is 4.31 Å². The zero-order chi connectivity index (χ0) is 14.2. The average Bonchev–Trinajstić information content (AvgIpc) is 2.46. The zero-order valence-corrected chi connectivity index (χ0v) is 13.2. The van der Waals surface area contributed by atoms with Crippen LogP contribution >= 0.6 is 12.4 Å². The van der Waals surface area contributed by atoms with E-state index in [1.165, 1.54) is 4.31 Å². The van der Waals surface area contributed by atoms with Crippen molar-refractivity contribution in [2.45, 2.75) is 23.8 Å². The first-order valence-corrected chi connectivity index (χ1v) is 8.17. The second kappa shape index (κ2) is 6.39. The predicted octanol–water partition coefficient (Wildman–Crippen LogP) is 0.991. The molecule has 1 unspecified atom stereocenters. The maximum atomic E-state index is 12.7. The number of rotatable bonds is 2.